The van der Waals surface area contributed by atoms with E-state index >= 15 is 0 Å². The Hall–Kier alpha value is -4.18. The number of fused-ring (bicyclic) bond motifs is 1. The molecule has 0 atom stereocenters. The summed E-state index contributed by atoms with van der Waals surface area (Å²) in [6, 6.07) is 14.4. The van der Waals surface area contributed by atoms with Gasteiger partial charge in [-0.2, -0.15) is 8.75 Å². The lowest BCUT2D eigenvalue weighted by Gasteiger charge is -2.06. The number of carbonyl (C=O) groups excluding carboxylic acids is 2. The average molecular weight is 473 g/mol. The van der Waals surface area contributed by atoms with E-state index in [1.54, 1.807) is 35.9 Å². The molecule has 0 bridgehead atoms. The van der Waals surface area contributed by atoms with Crippen molar-refractivity contribution < 1.29 is 14.0 Å². The molecule has 1 amide bonds. The van der Waals surface area contributed by atoms with E-state index in [2.05, 4.69) is 24.4 Å². The van der Waals surface area contributed by atoms with Crippen molar-refractivity contribution in [2.75, 3.05) is 5.32 Å². The summed E-state index contributed by atoms with van der Waals surface area (Å²) in [6.07, 6.45) is 0. The lowest BCUT2D eigenvalue weighted by atomic mass is 10.1. The van der Waals surface area contributed by atoms with Crippen LogP contribution in [0, 0.1) is 20.8 Å². The van der Waals surface area contributed by atoms with Gasteiger partial charge in [0, 0.05) is 10.9 Å². The average Bonchev–Trinajstić information content (AvgIpc) is 3.52. The molecule has 0 saturated heterocycles. The van der Waals surface area contributed by atoms with Crippen LogP contribution in [0.25, 0.3) is 11.0 Å². The van der Waals surface area contributed by atoms with Crippen molar-refractivity contribution >= 4 is 40.1 Å². The highest BCUT2D eigenvalue weighted by Gasteiger charge is 2.26. The quantitative estimate of drug-likeness (QED) is 0.366. The highest BCUT2D eigenvalue weighted by atomic mass is 32.1. The Morgan fingerprint density at radius 2 is 1.79 bits per heavy atom. The second-order valence-electron chi connectivity index (χ2n) is 7.93. The number of amides is 1. The van der Waals surface area contributed by atoms with Crippen molar-refractivity contribution in [3.05, 3.63) is 88.2 Å². The molecule has 3 heterocycles. The maximum Gasteiger partial charge on any atom is 0.278 e. The molecule has 9 nitrogen and oxygen atoms in total. The van der Waals surface area contributed by atoms with Gasteiger partial charge in [0.1, 0.15) is 5.58 Å². The number of aromatic nitrogens is 5. The molecule has 34 heavy (non-hydrogen) atoms. The third kappa shape index (κ3) is 3.88. The topological polar surface area (TPSA) is 116 Å². The lowest BCUT2D eigenvalue weighted by Crippen LogP contribution is -2.16. The maximum absolute atomic E-state index is 13.3. The number of nitrogens with one attached hydrogen (secondary N) is 1. The van der Waals surface area contributed by atoms with Gasteiger partial charge in [-0.05, 0) is 32.9 Å². The summed E-state index contributed by atoms with van der Waals surface area (Å²) < 4.78 is 15.9. The van der Waals surface area contributed by atoms with Crippen LogP contribution in [0.1, 0.15) is 49.3 Å². The summed E-state index contributed by atoms with van der Waals surface area (Å²) in [5, 5.41) is 11.6. The second kappa shape index (κ2) is 8.64. The van der Waals surface area contributed by atoms with Gasteiger partial charge in [0.25, 0.3) is 5.91 Å². The number of hydrogen-bond donors (Lipinski definition) is 1. The fourth-order valence-corrected chi connectivity index (χ4v) is 4.15. The fraction of sp³-hybridized carbons (Fsp3) is 0.167. The first-order valence-electron chi connectivity index (χ1n) is 10.5. The minimum atomic E-state index is -0.485. The number of rotatable bonds is 6. The summed E-state index contributed by atoms with van der Waals surface area (Å²) in [6.45, 7) is 5.94. The SMILES string of the molecule is Cc1ccc(C(=O)c2oc3ccccc3c2NC(=O)c2nnn(Cc3nsnc3C)c2C)cc1. The third-order valence-electron chi connectivity index (χ3n) is 5.60. The van der Waals surface area contributed by atoms with Gasteiger partial charge in [-0.15, -0.1) is 5.10 Å². The Morgan fingerprint density at radius 3 is 2.53 bits per heavy atom. The largest absolute Gasteiger partial charge is 0.450 e. The normalized spacial score (nSPS) is 11.1. The van der Waals surface area contributed by atoms with Crippen molar-refractivity contribution in [3.63, 3.8) is 0 Å². The summed E-state index contributed by atoms with van der Waals surface area (Å²) in [4.78, 5) is 26.5. The fourth-order valence-electron chi connectivity index (χ4n) is 3.59. The molecule has 0 aliphatic rings. The number of nitrogens with zero attached hydrogens (tertiary/aromatic N) is 5. The molecule has 0 spiro atoms. The predicted molar refractivity (Wildman–Crippen MR) is 127 cm³/mol. The molecule has 3 aromatic heterocycles. The molecule has 0 aliphatic carbocycles. The number of furan rings is 1. The van der Waals surface area contributed by atoms with Crippen molar-refractivity contribution in [2.45, 2.75) is 27.3 Å². The third-order valence-corrected chi connectivity index (χ3v) is 6.26. The molecule has 0 radical (unpaired) electrons. The minimum Gasteiger partial charge on any atom is -0.450 e. The Morgan fingerprint density at radius 1 is 1.03 bits per heavy atom. The van der Waals surface area contributed by atoms with E-state index in [9.17, 15) is 9.59 Å². The smallest absolute Gasteiger partial charge is 0.278 e. The van der Waals surface area contributed by atoms with E-state index in [-0.39, 0.29) is 17.2 Å². The number of anilines is 1. The van der Waals surface area contributed by atoms with Crippen LogP contribution in [0.4, 0.5) is 5.69 Å². The zero-order valence-corrected chi connectivity index (χ0v) is 19.5. The molecule has 0 unspecified atom stereocenters. The first-order chi connectivity index (χ1) is 16.4. The molecule has 0 aliphatic heterocycles. The summed E-state index contributed by atoms with van der Waals surface area (Å²) >= 11 is 1.13. The zero-order chi connectivity index (χ0) is 23.8. The summed E-state index contributed by atoms with van der Waals surface area (Å²) in [5.74, 6) is -0.743. The van der Waals surface area contributed by atoms with Gasteiger partial charge in [0.2, 0.25) is 5.78 Å². The van der Waals surface area contributed by atoms with Crippen molar-refractivity contribution in [2.24, 2.45) is 0 Å². The van der Waals surface area contributed by atoms with E-state index in [1.165, 1.54) is 0 Å². The van der Waals surface area contributed by atoms with Gasteiger partial charge in [0.05, 0.1) is 41.0 Å². The van der Waals surface area contributed by atoms with Crippen LogP contribution in [0.3, 0.4) is 0 Å². The van der Waals surface area contributed by atoms with Gasteiger partial charge in [0.15, 0.2) is 11.5 Å². The number of aryl methyl sites for hydroxylation is 2. The molecule has 5 rings (SSSR count). The minimum absolute atomic E-state index is 0.0626. The molecule has 170 valence electrons. The van der Waals surface area contributed by atoms with Crippen molar-refractivity contribution in [1.82, 2.24) is 23.7 Å². The van der Waals surface area contributed by atoms with E-state index < -0.39 is 5.91 Å². The Bertz CT molecular complexity index is 1530. The van der Waals surface area contributed by atoms with E-state index in [1.807, 2.05) is 38.1 Å². The Balaban J connectivity index is 1.49. The van der Waals surface area contributed by atoms with Crippen LogP contribution in [-0.2, 0) is 6.54 Å². The molecular formula is C24H20N6O3S. The maximum atomic E-state index is 13.3. The molecule has 1 N–H and O–H groups in total. The molecule has 2 aromatic carbocycles. The van der Waals surface area contributed by atoms with Crippen LogP contribution in [0.5, 0.6) is 0 Å². The van der Waals surface area contributed by atoms with Gasteiger partial charge < -0.3 is 9.73 Å². The van der Waals surface area contributed by atoms with Crippen molar-refractivity contribution in [3.8, 4) is 0 Å². The van der Waals surface area contributed by atoms with Gasteiger partial charge in [-0.3, -0.25) is 9.59 Å². The monoisotopic (exact) mass is 472 g/mol. The van der Waals surface area contributed by atoms with Gasteiger partial charge in [-0.1, -0.05) is 47.2 Å². The molecular weight excluding hydrogens is 452 g/mol. The Kier molecular flexibility index (Phi) is 5.50. The van der Waals surface area contributed by atoms with Crippen LogP contribution >= 0.6 is 11.7 Å². The number of ketones is 1. The van der Waals surface area contributed by atoms with Crippen LogP contribution in [-0.4, -0.2) is 35.4 Å². The van der Waals surface area contributed by atoms with Crippen LogP contribution in [0.15, 0.2) is 52.9 Å². The highest BCUT2D eigenvalue weighted by molar-refractivity contribution is 6.99. The number of benzene rings is 2. The zero-order valence-electron chi connectivity index (χ0n) is 18.7. The highest BCUT2D eigenvalue weighted by Crippen LogP contribution is 2.33. The van der Waals surface area contributed by atoms with Gasteiger partial charge in [-0.25, -0.2) is 4.68 Å². The molecule has 5 aromatic rings. The summed E-state index contributed by atoms with van der Waals surface area (Å²) in [7, 11) is 0. The second-order valence-corrected chi connectivity index (χ2v) is 8.46. The molecule has 10 heteroatoms. The van der Waals surface area contributed by atoms with Crippen LogP contribution in [0.2, 0.25) is 0 Å². The Labute approximate surface area is 198 Å². The van der Waals surface area contributed by atoms with E-state index in [0.29, 0.717) is 34.5 Å². The lowest BCUT2D eigenvalue weighted by molar-refractivity contribution is 0.101. The van der Waals surface area contributed by atoms with Gasteiger partial charge >= 0.3 is 0 Å². The first-order valence-corrected chi connectivity index (χ1v) is 11.3. The van der Waals surface area contributed by atoms with Crippen LogP contribution < -0.4 is 5.32 Å². The van der Waals surface area contributed by atoms with E-state index in [4.69, 9.17) is 4.42 Å². The summed E-state index contributed by atoms with van der Waals surface area (Å²) in [5.41, 5.74) is 4.63. The predicted octanol–water partition coefficient (Wildman–Crippen LogP) is 4.33. The van der Waals surface area contributed by atoms with Crippen molar-refractivity contribution in [1.29, 1.82) is 0 Å². The van der Waals surface area contributed by atoms with E-state index in [0.717, 1.165) is 28.7 Å². The number of hydrogen-bond acceptors (Lipinski definition) is 8. The standard InChI is InChI=1S/C24H20N6O3S/c1-13-8-10-16(11-9-13)22(31)23-21(17-6-4-5-7-19(17)33-23)25-24(32)20-15(3)30(29-26-20)12-18-14(2)27-34-28-18/h4-11H,12H2,1-3H3,(H,25,32). The molecule has 0 fully saturated rings. The first kappa shape index (κ1) is 21.7. The number of carbonyl (C=O) groups is 2. The molecule has 0 saturated carbocycles. The number of para-hydroxylation sites is 1.